The average Bonchev–Trinajstić information content (AvgIpc) is 1.90. The lowest BCUT2D eigenvalue weighted by atomic mass is 10.2. The van der Waals surface area contributed by atoms with Gasteiger partial charge in [-0.2, -0.15) is 0 Å². The SMILES string of the molecule is C#Cc1c[c]ccc1. The normalized spacial score (nSPS) is 7.88. The van der Waals surface area contributed by atoms with E-state index in [-0.39, 0.29) is 0 Å². The molecule has 0 saturated heterocycles. The van der Waals surface area contributed by atoms with Crippen LogP contribution >= 0.6 is 0 Å². The number of hydrogen-bond donors (Lipinski definition) is 0. The second-order valence-corrected chi connectivity index (χ2v) is 1.44. The third-order valence-corrected chi connectivity index (χ3v) is 0.874. The van der Waals surface area contributed by atoms with Crippen LogP contribution in [0.4, 0.5) is 0 Å². The van der Waals surface area contributed by atoms with Crippen LogP contribution in [-0.2, 0) is 0 Å². The second-order valence-electron chi connectivity index (χ2n) is 1.44. The lowest BCUT2D eigenvalue weighted by Crippen LogP contribution is -1.66. The molecule has 0 bridgehead atoms. The molecule has 0 fully saturated rings. The van der Waals surface area contributed by atoms with E-state index in [1.807, 2.05) is 18.2 Å². The maximum absolute atomic E-state index is 5.08. The van der Waals surface area contributed by atoms with Crippen LogP contribution in [-0.4, -0.2) is 0 Å². The summed E-state index contributed by atoms with van der Waals surface area (Å²) < 4.78 is 0. The Morgan fingerprint density at radius 2 is 2.50 bits per heavy atom. The van der Waals surface area contributed by atoms with Gasteiger partial charge in [-0.1, -0.05) is 18.1 Å². The van der Waals surface area contributed by atoms with Crippen LogP contribution in [0.1, 0.15) is 5.56 Å². The molecule has 0 heteroatoms. The molecule has 0 heterocycles. The summed E-state index contributed by atoms with van der Waals surface area (Å²) in [5.74, 6) is 2.50. The molecule has 0 aromatic heterocycles. The molecule has 0 nitrogen and oxygen atoms in total. The number of benzene rings is 1. The molecule has 8 heavy (non-hydrogen) atoms. The van der Waals surface area contributed by atoms with Gasteiger partial charge in [0.25, 0.3) is 0 Å². The predicted octanol–water partition coefficient (Wildman–Crippen LogP) is 1.47. The second kappa shape index (κ2) is 2.18. The fourth-order valence-corrected chi connectivity index (χ4v) is 0.483. The molecule has 0 saturated carbocycles. The molecular weight excluding hydrogens is 96.1 g/mol. The minimum Gasteiger partial charge on any atom is -0.115 e. The van der Waals surface area contributed by atoms with Gasteiger partial charge in [-0.15, -0.1) is 6.42 Å². The molecule has 0 aliphatic heterocycles. The Bertz CT molecular complexity index is 191. The highest BCUT2D eigenvalue weighted by Gasteiger charge is 1.77. The van der Waals surface area contributed by atoms with E-state index in [0.29, 0.717) is 0 Å². The zero-order chi connectivity index (χ0) is 5.82. The molecule has 0 amide bonds. The lowest BCUT2D eigenvalue weighted by molar-refractivity contribution is 1.64. The van der Waals surface area contributed by atoms with Gasteiger partial charge in [0.1, 0.15) is 0 Å². The molecule has 0 unspecified atom stereocenters. The number of hydrogen-bond acceptors (Lipinski definition) is 0. The quantitative estimate of drug-likeness (QED) is 0.434. The lowest BCUT2D eigenvalue weighted by Gasteiger charge is -1.81. The molecule has 1 aromatic rings. The van der Waals surface area contributed by atoms with Gasteiger partial charge in [-0.25, -0.2) is 0 Å². The van der Waals surface area contributed by atoms with E-state index in [1.54, 1.807) is 6.07 Å². The highest BCUT2D eigenvalue weighted by molar-refractivity contribution is 5.30. The van der Waals surface area contributed by atoms with Gasteiger partial charge in [0, 0.05) is 5.56 Å². The maximum Gasteiger partial charge on any atom is 0.0248 e. The van der Waals surface area contributed by atoms with Crippen molar-refractivity contribution >= 4 is 0 Å². The fourth-order valence-electron chi connectivity index (χ4n) is 0.483. The molecule has 0 spiro atoms. The van der Waals surface area contributed by atoms with Crippen LogP contribution < -0.4 is 0 Å². The molecule has 1 rings (SSSR count). The Morgan fingerprint density at radius 1 is 1.62 bits per heavy atom. The Morgan fingerprint density at radius 3 is 2.88 bits per heavy atom. The third kappa shape index (κ3) is 0.886. The molecule has 0 aliphatic carbocycles. The summed E-state index contributed by atoms with van der Waals surface area (Å²) in [6, 6.07) is 10.2. The number of terminal acetylenes is 1. The average molecular weight is 101 g/mol. The smallest absolute Gasteiger partial charge is 0.0248 e. The first-order valence-electron chi connectivity index (χ1n) is 2.36. The topological polar surface area (TPSA) is 0 Å². The first kappa shape index (κ1) is 4.93. The van der Waals surface area contributed by atoms with Crippen LogP contribution in [0.2, 0.25) is 0 Å². The van der Waals surface area contributed by atoms with Gasteiger partial charge in [0.15, 0.2) is 0 Å². The van der Waals surface area contributed by atoms with Crippen molar-refractivity contribution in [3.63, 3.8) is 0 Å². The van der Waals surface area contributed by atoms with Gasteiger partial charge in [0.2, 0.25) is 0 Å². The maximum atomic E-state index is 5.08. The molecule has 1 aromatic carbocycles. The van der Waals surface area contributed by atoms with Crippen molar-refractivity contribution in [2.75, 3.05) is 0 Å². The Kier molecular flexibility index (Phi) is 1.34. The van der Waals surface area contributed by atoms with E-state index in [9.17, 15) is 0 Å². The third-order valence-electron chi connectivity index (χ3n) is 0.874. The first-order chi connectivity index (χ1) is 3.93. The van der Waals surface area contributed by atoms with Gasteiger partial charge >= 0.3 is 0 Å². The van der Waals surface area contributed by atoms with Crippen LogP contribution in [0.3, 0.4) is 0 Å². The zero-order valence-corrected chi connectivity index (χ0v) is 4.39. The summed E-state index contributed by atoms with van der Waals surface area (Å²) in [4.78, 5) is 0. The van der Waals surface area contributed by atoms with Crippen molar-refractivity contribution in [3.05, 3.63) is 35.9 Å². The highest BCUT2D eigenvalue weighted by atomic mass is 13.8. The van der Waals surface area contributed by atoms with E-state index in [1.165, 1.54) is 0 Å². The van der Waals surface area contributed by atoms with Gasteiger partial charge < -0.3 is 0 Å². The molecule has 37 valence electrons. The van der Waals surface area contributed by atoms with Crippen molar-refractivity contribution in [2.24, 2.45) is 0 Å². The van der Waals surface area contributed by atoms with Crippen LogP contribution in [0.15, 0.2) is 24.3 Å². The molecule has 0 N–H and O–H groups in total. The largest absolute Gasteiger partial charge is 0.115 e. The summed E-state index contributed by atoms with van der Waals surface area (Å²) in [7, 11) is 0. The van der Waals surface area contributed by atoms with Crippen molar-refractivity contribution < 1.29 is 0 Å². The van der Waals surface area contributed by atoms with E-state index < -0.39 is 0 Å². The summed E-state index contributed by atoms with van der Waals surface area (Å²) >= 11 is 0. The Hall–Kier alpha value is -1.22. The monoisotopic (exact) mass is 101 g/mol. The van der Waals surface area contributed by atoms with Crippen molar-refractivity contribution in [1.82, 2.24) is 0 Å². The van der Waals surface area contributed by atoms with Crippen molar-refractivity contribution in [3.8, 4) is 12.3 Å². The number of rotatable bonds is 0. The van der Waals surface area contributed by atoms with Gasteiger partial charge in [0.05, 0.1) is 0 Å². The van der Waals surface area contributed by atoms with Gasteiger partial charge in [-0.05, 0) is 18.2 Å². The zero-order valence-electron chi connectivity index (χ0n) is 4.39. The van der Waals surface area contributed by atoms with Crippen LogP contribution in [0.5, 0.6) is 0 Å². The Balaban J connectivity index is 3.05. The van der Waals surface area contributed by atoms with E-state index in [2.05, 4.69) is 12.0 Å². The standard InChI is InChI=1S/C8H5/c1-2-8-6-4-3-5-7-8/h1,3-4,6-7H. The minimum atomic E-state index is 0.882. The molecule has 0 atom stereocenters. The predicted molar refractivity (Wildman–Crippen MR) is 33.2 cm³/mol. The van der Waals surface area contributed by atoms with Crippen molar-refractivity contribution in [1.29, 1.82) is 0 Å². The van der Waals surface area contributed by atoms with Gasteiger partial charge in [-0.3, -0.25) is 0 Å². The first-order valence-corrected chi connectivity index (χ1v) is 2.36. The summed E-state index contributed by atoms with van der Waals surface area (Å²) in [6.45, 7) is 0. The van der Waals surface area contributed by atoms with E-state index >= 15 is 0 Å². The summed E-state index contributed by atoms with van der Waals surface area (Å²) in [5.41, 5.74) is 0.882. The van der Waals surface area contributed by atoms with E-state index in [4.69, 9.17) is 6.42 Å². The molecular formula is C8H5. The van der Waals surface area contributed by atoms with Crippen molar-refractivity contribution in [2.45, 2.75) is 0 Å². The summed E-state index contributed by atoms with van der Waals surface area (Å²) in [6.07, 6.45) is 5.08. The fraction of sp³-hybridized carbons (Fsp3) is 0. The minimum absolute atomic E-state index is 0.882. The van der Waals surface area contributed by atoms with Crippen LogP contribution in [0.25, 0.3) is 0 Å². The molecule has 0 aliphatic rings. The highest BCUT2D eigenvalue weighted by Crippen LogP contribution is 1.92. The van der Waals surface area contributed by atoms with Crippen LogP contribution in [0, 0.1) is 18.4 Å². The summed E-state index contributed by atoms with van der Waals surface area (Å²) in [5, 5.41) is 0. The van der Waals surface area contributed by atoms with E-state index in [0.717, 1.165) is 5.56 Å². The molecule has 1 radical (unpaired) electrons. The Labute approximate surface area is 49.2 Å².